The Morgan fingerprint density at radius 2 is 0.845 bits per heavy atom. The van der Waals surface area contributed by atoms with Crippen molar-refractivity contribution in [1.82, 2.24) is 13.7 Å². The second kappa shape index (κ2) is 12.0. The Morgan fingerprint density at radius 3 is 1.50 bits per heavy atom. The van der Waals surface area contributed by atoms with Gasteiger partial charge in [-0.15, -0.1) is 0 Å². The van der Waals surface area contributed by atoms with Gasteiger partial charge >= 0.3 is 0 Å². The molecule has 272 valence electrons. The lowest BCUT2D eigenvalue weighted by molar-refractivity contribution is 0.736. The van der Waals surface area contributed by atoms with Crippen molar-refractivity contribution in [2.45, 2.75) is 12.0 Å². The first-order chi connectivity index (χ1) is 28.8. The molecule has 1 unspecified atom stereocenters. The fraction of sp³-hybridized carbons (Fsp3) is 0.0370. The zero-order valence-electron chi connectivity index (χ0n) is 31.6. The average molecular weight is 741 g/mol. The van der Waals surface area contributed by atoms with Crippen molar-refractivity contribution in [2.24, 2.45) is 0 Å². The summed E-state index contributed by atoms with van der Waals surface area (Å²) >= 11 is 0. The monoisotopic (exact) mass is 740 g/mol. The Bertz CT molecular complexity index is 3450. The summed E-state index contributed by atoms with van der Waals surface area (Å²) in [5.41, 5.74) is 14.7. The van der Waals surface area contributed by atoms with Gasteiger partial charge in [-0.05, 0) is 78.4 Å². The fourth-order valence-electron chi connectivity index (χ4n) is 10.5. The van der Waals surface area contributed by atoms with E-state index in [9.17, 15) is 0 Å². The Kier molecular flexibility index (Phi) is 6.53. The molecule has 4 heteroatoms. The van der Waals surface area contributed by atoms with Crippen LogP contribution in [0.25, 0.3) is 82.5 Å². The van der Waals surface area contributed by atoms with Crippen molar-refractivity contribution in [1.29, 1.82) is 0 Å². The minimum Gasteiger partial charge on any atom is -0.333 e. The molecule has 0 radical (unpaired) electrons. The number of nitrogens with zero attached hydrogens (tertiary/aromatic N) is 4. The molecule has 0 saturated heterocycles. The molecule has 4 heterocycles. The van der Waals surface area contributed by atoms with E-state index in [4.69, 9.17) is 0 Å². The zero-order valence-corrected chi connectivity index (χ0v) is 31.6. The molecule has 8 aromatic carbocycles. The van der Waals surface area contributed by atoms with Crippen molar-refractivity contribution in [3.8, 4) is 11.4 Å². The molecular formula is C54H36N4. The molecule has 0 fully saturated rings. The van der Waals surface area contributed by atoms with Gasteiger partial charge in [0, 0.05) is 55.1 Å². The number of fused-ring (bicyclic) bond motifs is 12. The number of aromatic nitrogens is 3. The summed E-state index contributed by atoms with van der Waals surface area (Å²) in [6.07, 6.45) is 7.00. The van der Waals surface area contributed by atoms with Gasteiger partial charge in [0.2, 0.25) is 0 Å². The first-order valence-electron chi connectivity index (χ1n) is 20.2. The van der Waals surface area contributed by atoms with Crippen molar-refractivity contribution in [3.05, 3.63) is 212 Å². The van der Waals surface area contributed by atoms with Gasteiger partial charge in [-0.3, -0.25) is 0 Å². The molecule has 2 atom stereocenters. The molecule has 4 nitrogen and oxygen atoms in total. The molecule has 1 aliphatic heterocycles. The van der Waals surface area contributed by atoms with Gasteiger partial charge < -0.3 is 18.6 Å². The molecule has 0 N–H and O–H groups in total. The molecule has 0 spiro atoms. The van der Waals surface area contributed by atoms with Gasteiger partial charge in [-0.1, -0.05) is 133 Å². The number of anilines is 2. The Hall–Kier alpha value is -7.56. The maximum Gasteiger partial charge on any atom is 0.0650 e. The third kappa shape index (κ3) is 4.24. The largest absolute Gasteiger partial charge is 0.333 e. The number of hydrogen-bond donors (Lipinski definition) is 0. The molecular weight excluding hydrogens is 705 g/mol. The van der Waals surface area contributed by atoms with E-state index in [0.29, 0.717) is 0 Å². The maximum atomic E-state index is 2.57. The summed E-state index contributed by atoms with van der Waals surface area (Å²) < 4.78 is 7.43. The molecule has 0 bridgehead atoms. The second-order valence-corrected chi connectivity index (χ2v) is 15.7. The van der Waals surface area contributed by atoms with Crippen LogP contribution in [0, 0.1) is 0 Å². The minimum absolute atomic E-state index is 0.104. The first-order valence-corrected chi connectivity index (χ1v) is 20.2. The predicted molar refractivity (Wildman–Crippen MR) is 243 cm³/mol. The van der Waals surface area contributed by atoms with E-state index in [1.165, 1.54) is 93.7 Å². The number of allylic oxidation sites excluding steroid dienone is 2. The number of para-hydroxylation sites is 6. The van der Waals surface area contributed by atoms with Gasteiger partial charge in [0.05, 0.1) is 50.7 Å². The molecule has 1 aliphatic carbocycles. The van der Waals surface area contributed by atoms with Crippen LogP contribution >= 0.6 is 0 Å². The molecule has 13 rings (SSSR count). The normalized spacial score (nSPS) is 16.3. The Morgan fingerprint density at radius 1 is 0.362 bits per heavy atom. The highest BCUT2D eigenvalue weighted by atomic mass is 15.2. The number of hydrogen-bond acceptors (Lipinski definition) is 1. The Labute approximate surface area is 335 Å². The predicted octanol–water partition coefficient (Wildman–Crippen LogP) is 13.7. The van der Waals surface area contributed by atoms with E-state index in [2.05, 4.69) is 225 Å². The molecule has 3 aromatic heterocycles. The van der Waals surface area contributed by atoms with Crippen LogP contribution in [0.5, 0.6) is 0 Å². The number of rotatable bonds is 4. The first kappa shape index (κ1) is 31.6. The molecule has 2 aliphatic rings. The van der Waals surface area contributed by atoms with E-state index in [0.717, 1.165) is 5.69 Å². The maximum absolute atomic E-state index is 2.57. The third-order valence-corrected chi connectivity index (χ3v) is 12.8. The fourth-order valence-corrected chi connectivity index (χ4v) is 10.5. The highest BCUT2D eigenvalue weighted by Gasteiger charge is 2.42. The van der Waals surface area contributed by atoms with Crippen LogP contribution in [0.1, 0.15) is 11.5 Å². The number of benzene rings is 8. The van der Waals surface area contributed by atoms with Crippen molar-refractivity contribution in [3.63, 3.8) is 0 Å². The van der Waals surface area contributed by atoms with E-state index in [1.54, 1.807) is 0 Å². The van der Waals surface area contributed by atoms with Crippen molar-refractivity contribution >= 4 is 82.5 Å². The van der Waals surface area contributed by atoms with E-state index >= 15 is 0 Å². The SMILES string of the molecule is C1=CC2[C@H](C(n3c4ccccc4c4ccccc43)=C1)c1ccccc1N2c1cccc(-n2c3ccccc3c3c(-n4c5ccccc5c5ccccc54)cccc32)c1. The topological polar surface area (TPSA) is 18.0 Å². The van der Waals surface area contributed by atoms with Gasteiger partial charge in [0.15, 0.2) is 0 Å². The highest BCUT2D eigenvalue weighted by Crippen LogP contribution is 2.53. The lowest BCUT2D eigenvalue weighted by Crippen LogP contribution is -2.31. The van der Waals surface area contributed by atoms with Gasteiger partial charge in [0.25, 0.3) is 0 Å². The zero-order chi connectivity index (χ0) is 37.9. The third-order valence-electron chi connectivity index (χ3n) is 12.8. The van der Waals surface area contributed by atoms with Crippen LogP contribution in [0.15, 0.2) is 206 Å². The lowest BCUT2D eigenvalue weighted by atomic mass is 9.87. The van der Waals surface area contributed by atoms with Gasteiger partial charge in [-0.2, -0.15) is 0 Å². The van der Waals surface area contributed by atoms with Gasteiger partial charge in [0.1, 0.15) is 0 Å². The standard InChI is InChI=1S/C54H36N4/c1-7-24-43-37(18-1)38-19-2-8-25-44(38)57(43)51-32-14-30-49-53(51)41-22-5-11-28-47(41)55(49)35-16-13-17-36(34-35)56-48-29-12-6-23-42(48)54-50(56)31-15-33-52(54)58-45-26-9-3-20-39(45)40-21-4-10-27-46(40)58/h1-34,49,53H/t49?,53-/m1/s1. The summed E-state index contributed by atoms with van der Waals surface area (Å²) in [7, 11) is 0. The van der Waals surface area contributed by atoms with Crippen LogP contribution in [0.3, 0.4) is 0 Å². The minimum atomic E-state index is 0.104. The molecule has 0 saturated carbocycles. The van der Waals surface area contributed by atoms with E-state index in [-0.39, 0.29) is 12.0 Å². The lowest BCUT2D eigenvalue weighted by Gasteiger charge is -2.32. The van der Waals surface area contributed by atoms with Crippen LogP contribution in [-0.2, 0) is 0 Å². The summed E-state index contributed by atoms with van der Waals surface area (Å²) in [5.74, 6) is 0.145. The average Bonchev–Trinajstić information content (AvgIpc) is 4.02. The van der Waals surface area contributed by atoms with Gasteiger partial charge in [-0.25, -0.2) is 0 Å². The van der Waals surface area contributed by atoms with Crippen LogP contribution in [-0.4, -0.2) is 19.7 Å². The van der Waals surface area contributed by atoms with Crippen LogP contribution < -0.4 is 4.90 Å². The molecule has 58 heavy (non-hydrogen) atoms. The van der Waals surface area contributed by atoms with E-state index < -0.39 is 0 Å². The molecule has 0 amide bonds. The Balaban J connectivity index is 0.994. The summed E-state index contributed by atoms with van der Waals surface area (Å²) in [5, 5.41) is 7.59. The highest BCUT2D eigenvalue weighted by molar-refractivity contribution is 6.16. The smallest absolute Gasteiger partial charge is 0.0650 e. The van der Waals surface area contributed by atoms with Crippen LogP contribution in [0.2, 0.25) is 0 Å². The van der Waals surface area contributed by atoms with Crippen molar-refractivity contribution in [2.75, 3.05) is 4.90 Å². The van der Waals surface area contributed by atoms with Crippen molar-refractivity contribution < 1.29 is 0 Å². The summed E-state index contributed by atoms with van der Waals surface area (Å²) in [6.45, 7) is 0. The quantitative estimate of drug-likeness (QED) is 0.176. The summed E-state index contributed by atoms with van der Waals surface area (Å²) in [6, 6.07) is 69.2. The van der Waals surface area contributed by atoms with Crippen LogP contribution in [0.4, 0.5) is 11.4 Å². The second-order valence-electron chi connectivity index (χ2n) is 15.7. The molecule has 11 aromatic rings. The summed E-state index contributed by atoms with van der Waals surface area (Å²) in [4.78, 5) is 2.57. The van der Waals surface area contributed by atoms with E-state index in [1.807, 2.05) is 0 Å².